The minimum atomic E-state index is 0.506. The fourth-order valence-electron chi connectivity index (χ4n) is 2.04. The summed E-state index contributed by atoms with van der Waals surface area (Å²) >= 11 is 0. The van der Waals surface area contributed by atoms with Crippen molar-refractivity contribution in [3.63, 3.8) is 0 Å². The zero-order valence-electron chi connectivity index (χ0n) is 14.1. The Morgan fingerprint density at radius 3 is 2.65 bits per heavy atom. The SMILES string of the molecule is COc1ccc(OC)c(Nc2nccc(NCCC(C)C)n2)c1. The smallest absolute Gasteiger partial charge is 0.229 e. The van der Waals surface area contributed by atoms with Crippen LogP contribution < -0.4 is 20.1 Å². The van der Waals surface area contributed by atoms with Crippen molar-refractivity contribution < 1.29 is 9.47 Å². The number of hydrogen-bond acceptors (Lipinski definition) is 6. The average Bonchev–Trinajstić information content (AvgIpc) is 2.55. The van der Waals surface area contributed by atoms with E-state index in [0.29, 0.717) is 17.6 Å². The van der Waals surface area contributed by atoms with E-state index in [4.69, 9.17) is 9.47 Å². The third-order valence-electron chi connectivity index (χ3n) is 3.34. The van der Waals surface area contributed by atoms with Gasteiger partial charge in [0.25, 0.3) is 0 Å². The lowest BCUT2D eigenvalue weighted by molar-refractivity contribution is 0.405. The number of anilines is 3. The van der Waals surface area contributed by atoms with Crippen molar-refractivity contribution in [2.24, 2.45) is 5.92 Å². The van der Waals surface area contributed by atoms with Crippen LogP contribution in [0.25, 0.3) is 0 Å². The molecular formula is C17H24N4O2. The third-order valence-corrected chi connectivity index (χ3v) is 3.34. The molecule has 6 heteroatoms. The maximum absolute atomic E-state index is 5.35. The molecule has 0 atom stereocenters. The van der Waals surface area contributed by atoms with Gasteiger partial charge in [0.2, 0.25) is 5.95 Å². The number of rotatable bonds is 8. The van der Waals surface area contributed by atoms with Crippen molar-refractivity contribution in [3.8, 4) is 11.5 Å². The molecule has 2 aromatic rings. The molecule has 23 heavy (non-hydrogen) atoms. The van der Waals surface area contributed by atoms with Crippen LogP contribution in [0.15, 0.2) is 30.5 Å². The Hall–Kier alpha value is -2.50. The Labute approximate surface area is 137 Å². The Morgan fingerprint density at radius 2 is 1.96 bits per heavy atom. The van der Waals surface area contributed by atoms with Crippen LogP contribution in [-0.4, -0.2) is 30.7 Å². The Kier molecular flexibility index (Phi) is 6.02. The molecule has 0 aliphatic rings. The topological polar surface area (TPSA) is 68.3 Å². The van der Waals surface area contributed by atoms with Gasteiger partial charge in [-0.3, -0.25) is 0 Å². The van der Waals surface area contributed by atoms with Gasteiger partial charge in [-0.25, -0.2) is 4.98 Å². The Morgan fingerprint density at radius 1 is 1.13 bits per heavy atom. The molecule has 0 spiro atoms. The van der Waals surface area contributed by atoms with Gasteiger partial charge < -0.3 is 20.1 Å². The first-order valence-corrected chi connectivity index (χ1v) is 7.68. The van der Waals surface area contributed by atoms with Gasteiger partial charge >= 0.3 is 0 Å². The van der Waals surface area contributed by atoms with Gasteiger partial charge in [0.15, 0.2) is 0 Å². The van der Waals surface area contributed by atoms with Crippen molar-refractivity contribution >= 4 is 17.5 Å². The van der Waals surface area contributed by atoms with Crippen molar-refractivity contribution in [2.45, 2.75) is 20.3 Å². The van der Waals surface area contributed by atoms with Crippen LogP contribution in [0, 0.1) is 5.92 Å². The molecule has 0 radical (unpaired) electrons. The number of nitrogens with zero attached hydrogens (tertiary/aromatic N) is 2. The highest BCUT2D eigenvalue weighted by Gasteiger charge is 2.07. The van der Waals surface area contributed by atoms with Crippen LogP contribution in [0.3, 0.4) is 0 Å². The highest BCUT2D eigenvalue weighted by Crippen LogP contribution is 2.30. The molecule has 1 aromatic heterocycles. The minimum Gasteiger partial charge on any atom is -0.497 e. The summed E-state index contributed by atoms with van der Waals surface area (Å²) in [6.07, 6.45) is 2.82. The monoisotopic (exact) mass is 316 g/mol. The number of aromatic nitrogens is 2. The lowest BCUT2D eigenvalue weighted by Crippen LogP contribution is -2.07. The second-order valence-electron chi connectivity index (χ2n) is 5.57. The fourth-order valence-corrected chi connectivity index (χ4v) is 2.04. The Balaban J connectivity index is 2.11. The maximum Gasteiger partial charge on any atom is 0.229 e. The highest BCUT2D eigenvalue weighted by molar-refractivity contribution is 5.65. The van der Waals surface area contributed by atoms with E-state index in [2.05, 4.69) is 34.4 Å². The van der Waals surface area contributed by atoms with Crippen molar-refractivity contribution in [3.05, 3.63) is 30.5 Å². The fraction of sp³-hybridized carbons (Fsp3) is 0.412. The summed E-state index contributed by atoms with van der Waals surface area (Å²) in [5.74, 6) is 3.39. The molecule has 0 saturated carbocycles. The van der Waals surface area contributed by atoms with E-state index in [1.54, 1.807) is 20.4 Å². The Bertz CT molecular complexity index is 632. The predicted octanol–water partition coefficient (Wildman–Crippen LogP) is 3.70. The van der Waals surface area contributed by atoms with Crippen molar-refractivity contribution in [1.82, 2.24) is 9.97 Å². The predicted molar refractivity (Wildman–Crippen MR) is 92.8 cm³/mol. The van der Waals surface area contributed by atoms with E-state index in [1.165, 1.54) is 0 Å². The van der Waals surface area contributed by atoms with Crippen LogP contribution in [0.4, 0.5) is 17.5 Å². The summed E-state index contributed by atoms with van der Waals surface area (Å²) in [4.78, 5) is 8.72. The second kappa shape index (κ2) is 8.22. The molecule has 0 bridgehead atoms. The normalized spacial score (nSPS) is 10.5. The van der Waals surface area contributed by atoms with Crippen LogP contribution in [-0.2, 0) is 0 Å². The standard InChI is InChI=1S/C17H24N4O2/c1-12(2)7-9-18-16-8-10-19-17(21-16)20-14-11-13(22-3)5-6-15(14)23-4/h5-6,8,10-12H,7,9H2,1-4H3,(H2,18,19,20,21). The largest absolute Gasteiger partial charge is 0.497 e. The van der Waals surface area contributed by atoms with Gasteiger partial charge in [0, 0.05) is 18.8 Å². The molecule has 0 amide bonds. The summed E-state index contributed by atoms with van der Waals surface area (Å²) in [5.41, 5.74) is 0.756. The number of ether oxygens (including phenoxy) is 2. The van der Waals surface area contributed by atoms with Crippen LogP contribution in [0.5, 0.6) is 11.5 Å². The first-order valence-electron chi connectivity index (χ1n) is 7.68. The van der Waals surface area contributed by atoms with E-state index < -0.39 is 0 Å². The molecule has 1 heterocycles. The molecule has 0 unspecified atom stereocenters. The molecule has 1 aromatic carbocycles. The highest BCUT2D eigenvalue weighted by atomic mass is 16.5. The van der Waals surface area contributed by atoms with Gasteiger partial charge in [-0.15, -0.1) is 0 Å². The van der Waals surface area contributed by atoms with Gasteiger partial charge in [-0.2, -0.15) is 4.98 Å². The first-order chi connectivity index (χ1) is 11.1. The lowest BCUT2D eigenvalue weighted by Gasteiger charge is -2.12. The van der Waals surface area contributed by atoms with Gasteiger partial charge in [-0.05, 0) is 30.5 Å². The maximum atomic E-state index is 5.35. The zero-order valence-corrected chi connectivity index (χ0v) is 14.1. The molecular weight excluding hydrogens is 292 g/mol. The quantitative estimate of drug-likeness (QED) is 0.774. The molecule has 2 N–H and O–H groups in total. The van der Waals surface area contributed by atoms with E-state index in [-0.39, 0.29) is 0 Å². The summed E-state index contributed by atoms with van der Waals surface area (Å²) in [7, 11) is 3.25. The molecule has 6 nitrogen and oxygen atoms in total. The summed E-state index contributed by atoms with van der Waals surface area (Å²) in [6, 6.07) is 7.38. The van der Waals surface area contributed by atoms with Crippen LogP contribution in [0.2, 0.25) is 0 Å². The number of hydrogen-bond donors (Lipinski definition) is 2. The van der Waals surface area contributed by atoms with Gasteiger partial charge in [-0.1, -0.05) is 13.8 Å². The lowest BCUT2D eigenvalue weighted by atomic mass is 10.1. The third kappa shape index (κ3) is 5.02. The molecule has 2 rings (SSSR count). The second-order valence-corrected chi connectivity index (χ2v) is 5.57. The van der Waals surface area contributed by atoms with Crippen molar-refractivity contribution in [2.75, 3.05) is 31.4 Å². The molecule has 124 valence electrons. The molecule has 0 fully saturated rings. The van der Waals surface area contributed by atoms with Gasteiger partial charge in [0.05, 0.1) is 19.9 Å². The summed E-state index contributed by atoms with van der Waals surface area (Å²) in [6.45, 7) is 5.28. The van der Waals surface area contributed by atoms with E-state index in [9.17, 15) is 0 Å². The number of methoxy groups -OCH3 is 2. The van der Waals surface area contributed by atoms with Crippen molar-refractivity contribution in [1.29, 1.82) is 0 Å². The minimum absolute atomic E-state index is 0.506. The summed E-state index contributed by atoms with van der Waals surface area (Å²) < 4.78 is 10.6. The number of nitrogens with one attached hydrogen (secondary N) is 2. The first kappa shape index (κ1) is 16.9. The zero-order chi connectivity index (χ0) is 16.7. The van der Waals surface area contributed by atoms with E-state index in [0.717, 1.165) is 30.2 Å². The van der Waals surface area contributed by atoms with Crippen LogP contribution >= 0.6 is 0 Å². The molecule has 0 aliphatic heterocycles. The van der Waals surface area contributed by atoms with Crippen LogP contribution in [0.1, 0.15) is 20.3 Å². The summed E-state index contributed by atoms with van der Waals surface area (Å²) in [5, 5.41) is 6.48. The van der Waals surface area contributed by atoms with E-state index in [1.807, 2.05) is 24.3 Å². The average molecular weight is 316 g/mol. The molecule has 0 aliphatic carbocycles. The van der Waals surface area contributed by atoms with Gasteiger partial charge in [0.1, 0.15) is 17.3 Å². The number of benzene rings is 1. The van der Waals surface area contributed by atoms with E-state index >= 15 is 0 Å². The molecule has 0 saturated heterocycles.